The van der Waals surface area contributed by atoms with Crippen molar-refractivity contribution in [2.24, 2.45) is 0 Å². The van der Waals surface area contributed by atoms with Crippen molar-refractivity contribution in [3.63, 3.8) is 0 Å². The zero-order chi connectivity index (χ0) is 14.5. The lowest BCUT2D eigenvalue weighted by Crippen LogP contribution is -2.34. The number of fused-ring (bicyclic) bond motifs is 1. The molecule has 1 aromatic rings. The van der Waals surface area contributed by atoms with E-state index in [4.69, 9.17) is 0 Å². The van der Waals surface area contributed by atoms with Crippen LogP contribution >= 0.6 is 11.8 Å². The van der Waals surface area contributed by atoms with E-state index in [9.17, 15) is 5.11 Å². The maximum absolute atomic E-state index is 10.3. The fraction of sp³-hybridized carbons (Fsp3) is 0.529. The molecule has 0 fully saturated rings. The lowest BCUT2D eigenvalue weighted by Gasteiger charge is -2.42. The van der Waals surface area contributed by atoms with Gasteiger partial charge in [0.1, 0.15) is 5.60 Å². The highest BCUT2D eigenvalue weighted by molar-refractivity contribution is 8.00. The van der Waals surface area contributed by atoms with E-state index in [0.717, 1.165) is 12.0 Å². The first-order chi connectivity index (χ1) is 8.57. The molecule has 1 N–H and O–H groups in total. The summed E-state index contributed by atoms with van der Waals surface area (Å²) in [5.41, 5.74) is 1.45. The molecule has 1 heterocycles. The van der Waals surface area contributed by atoms with Crippen molar-refractivity contribution in [3.8, 4) is 0 Å². The van der Waals surface area contributed by atoms with E-state index in [1.54, 1.807) is 13.0 Å². The average molecular weight is 276 g/mol. The second-order valence-electron chi connectivity index (χ2n) is 6.98. The number of benzene rings is 1. The minimum absolute atomic E-state index is 0.136. The number of aliphatic hydroxyl groups is 1. The van der Waals surface area contributed by atoms with Crippen LogP contribution in [0.4, 0.5) is 0 Å². The molecule has 0 radical (unpaired) electrons. The van der Waals surface area contributed by atoms with Crippen LogP contribution in [0, 0.1) is 0 Å². The highest BCUT2D eigenvalue weighted by atomic mass is 32.2. The molecule has 0 spiro atoms. The summed E-state index contributed by atoms with van der Waals surface area (Å²) in [4.78, 5) is 1.34. The molecule has 0 aromatic heterocycles. The Morgan fingerprint density at radius 2 is 1.95 bits per heavy atom. The molecule has 0 aliphatic carbocycles. The molecular formula is C17H24OS. The van der Waals surface area contributed by atoms with Gasteiger partial charge in [-0.3, -0.25) is 0 Å². The summed E-state index contributed by atoms with van der Waals surface area (Å²) in [6, 6.07) is 6.32. The van der Waals surface area contributed by atoms with Crippen LogP contribution < -0.4 is 0 Å². The molecule has 0 bridgehead atoms. The number of hydrogen-bond acceptors (Lipinski definition) is 2. The Balaban J connectivity index is 2.55. The fourth-order valence-corrected chi connectivity index (χ4v) is 4.68. The van der Waals surface area contributed by atoms with E-state index < -0.39 is 5.60 Å². The third kappa shape index (κ3) is 2.75. The monoisotopic (exact) mass is 276 g/mol. The first-order valence-electron chi connectivity index (χ1n) is 6.77. The molecule has 1 nitrogen and oxygen atoms in total. The smallest absolute Gasteiger partial charge is 0.105 e. The minimum atomic E-state index is -0.956. The quantitative estimate of drug-likeness (QED) is 0.795. The van der Waals surface area contributed by atoms with Gasteiger partial charge in [-0.25, -0.2) is 0 Å². The van der Waals surface area contributed by atoms with Crippen molar-refractivity contribution in [1.82, 2.24) is 0 Å². The Morgan fingerprint density at radius 1 is 1.32 bits per heavy atom. The van der Waals surface area contributed by atoms with Crippen LogP contribution in [-0.2, 0) is 11.0 Å². The molecule has 0 saturated heterocycles. The van der Waals surface area contributed by atoms with Gasteiger partial charge in [-0.2, -0.15) is 0 Å². The minimum Gasteiger partial charge on any atom is -0.381 e. The van der Waals surface area contributed by atoms with Crippen LogP contribution in [0.15, 0.2) is 35.7 Å². The summed E-state index contributed by atoms with van der Waals surface area (Å²) in [7, 11) is 0. The highest BCUT2D eigenvalue weighted by Crippen LogP contribution is 2.51. The lowest BCUT2D eigenvalue weighted by atomic mass is 9.75. The Kier molecular flexibility index (Phi) is 3.39. The van der Waals surface area contributed by atoms with E-state index in [2.05, 4.69) is 46.4 Å². The van der Waals surface area contributed by atoms with Gasteiger partial charge >= 0.3 is 0 Å². The van der Waals surface area contributed by atoms with Crippen molar-refractivity contribution in [1.29, 1.82) is 0 Å². The van der Waals surface area contributed by atoms with E-state index in [0.29, 0.717) is 0 Å². The zero-order valence-corrected chi connectivity index (χ0v) is 13.4. The molecule has 0 amide bonds. The molecule has 1 aliphatic heterocycles. The third-order valence-electron chi connectivity index (χ3n) is 3.94. The van der Waals surface area contributed by atoms with Crippen molar-refractivity contribution < 1.29 is 5.11 Å². The normalized spacial score (nSPS) is 23.3. The Labute approximate surface area is 121 Å². The predicted octanol–water partition coefficient (Wildman–Crippen LogP) is 4.63. The van der Waals surface area contributed by atoms with Crippen LogP contribution in [-0.4, -0.2) is 9.85 Å². The second-order valence-corrected chi connectivity index (χ2v) is 8.73. The van der Waals surface area contributed by atoms with Gasteiger partial charge in [0.15, 0.2) is 0 Å². The summed E-state index contributed by atoms with van der Waals surface area (Å²) < 4.78 is 0.263. The predicted molar refractivity (Wildman–Crippen MR) is 83.8 cm³/mol. The Morgan fingerprint density at radius 3 is 2.53 bits per heavy atom. The highest BCUT2D eigenvalue weighted by Gasteiger charge is 2.38. The molecular weight excluding hydrogens is 252 g/mol. The van der Waals surface area contributed by atoms with Gasteiger partial charge in [-0.15, -0.1) is 11.8 Å². The molecule has 0 saturated carbocycles. The first-order valence-corrected chi connectivity index (χ1v) is 7.59. The van der Waals surface area contributed by atoms with Gasteiger partial charge < -0.3 is 5.11 Å². The van der Waals surface area contributed by atoms with E-state index >= 15 is 0 Å². The molecule has 104 valence electrons. The van der Waals surface area contributed by atoms with Gasteiger partial charge in [0.2, 0.25) is 0 Å². The molecule has 2 rings (SSSR count). The molecule has 1 aromatic carbocycles. The van der Waals surface area contributed by atoms with Crippen molar-refractivity contribution >= 4 is 11.8 Å². The Hall–Kier alpha value is -0.730. The molecule has 1 aliphatic rings. The fourth-order valence-electron chi connectivity index (χ4n) is 3.07. The average Bonchev–Trinajstić information content (AvgIpc) is 2.25. The molecule has 1 atom stereocenters. The zero-order valence-electron chi connectivity index (χ0n) is 12.6. The number of thioether (sulfide) groups is 1. The molecule has 0 unspecified atom stereocenters. The van der Waals surface area contributed by atoms with Crippen LogP contribution in [0.5, 0.6) is 0 Å². The summed E-state index contributed by atoms with van der Waals surface area (Å²) in [6.45, 7) is 14.7. The van der Waals surface area contributed by atoms with Gasteiger partial charge in [0, 0.05) is 9.64 Å². The number of hydrogen-bond donors (Lipinski definition) is 1. The van der Waals surface area contributed by atoms with Crippen LogP contribution in [0.25, 0.3) is 0 Å². The third-order valence-corrected chi connectivity index (χ3v) is 5.22. The number of rotatable bonds is 2. The first kappa shape index (κ1) is 14.7. The van der Waals surface area contributed by atoms with E-state index in [1.807, 2.05) is 17.8 Å². The van der Waals surface area contributed by atoms with Crippen molar-refractivity contribution in [3.05, 3.63) is 42.0 Å². The summed E-state index contributed by atoms with van der Waals surface area (Å²) in [5.74, 6) is 0. The van der Waals surface area contributed by atoms with Gasteiger partial charge in [-0.1, -0.05) is 52.5 Å². The molecule has 2 heteroatoms. The van der Waals surface area contributed by atoms with Crippen LogP contribution in [0.1, 0.15) is 52.2 Å². The van der Waals surface area contributed by atoms with Gasteiger partial charge in [0.05, 0.1) is 0 Å². The lowest BCUT2D eigenvalue weighted by molar-refractivity contribution is 0.111. The largest absolute Gasteiger partial charge is 0.381 e. The van der Waals surface area contributed by atoms with Crippen LogP contribution in [0.3, 0.4) is 0 Å². The van der Waals surface area contributed by atoms with E-state index in [1.165, 1.54) is 10.5 Å². The van der Waals surface area contributed by atoms with Crippen molar-refractivity contribution in [2.45, 2.75) is 61.7 Å². The van der Waals surface area contributed by atoms with Gasteiger partial charge in [0.25, 0.3) is 0 Å². The maximum atomic E-state index is 10.3. The topological polar surface area (TPSA) is 20.2 Å². The standard InChI is InChI=1S/C17H24OS/c1-7-17(6,18)12-8-9-14-13(10-12)15(2,3)11-16(4,5)19-14/h7-10,18H,1,11H2,2-6H3/t17-/m1/s1. The summed E-state index contributed by atoms with van der Waals surface area (Å²) in [6.07, 6.45) is 2.74. The molecule has 19 heavy (non-hydrogen) atoms. The summed E-state index contributed by atoms with van der Waals surface area (Å²) in [5, 5.41) is 10.3. The SMILES string of the molecule is C=C[C@@](C)(O)c1ccc2c(c1)C(C)(C)CC(C)(C)S2. The van der Waals surface area contributed by atoms with E-state index in [-0.39, 0.29) is 10.2 Å². The summed E-state index contributed by atoms with van der Waals surface area (Å²) >= 11 is 1.94. The second kappa shape index (κ2) is 4.39. The van der Waals surface area contributed by atoms with Gasteiger partial charge in [-0.05, 0) is 36.0 Å². The maximum Gasteiger partial charge on any atom is 0.105 e. The van der Waals surface area contributed by atoms with Crippen LogP contribution in [0.2, 0.25) is 0 Å². The Bertz CT molecular complexity index is 512. The van der Waals surface area contributed by atoms with Crippen molar-refractivity contribution in [2.75, 3.05) is 0 Å².